The average molecular weight is 373 g/mol. The van der Waals surface area contributed by atoms with Crippen molar-refractivity contribution in [3.63, 3.8) is 0 Å². The van der Waals surface area contributed by atoms with Crippen LogP contribution in [0.3, 0.4) is 0 Å². The summed E-state index contributed by atoms with van der Waals surface area (Å²) in [6, 6.07) is 13.5. The van der Waals surface area contributed by atoms with Gasteiger partial charge >= 0.3 is 5.97 Å². The number of rotatable bonds is 10. The van der Waals surface area contributed by atoms with Crippen molar-refractivity contribution >= 4 is 11.9 Å². The topological polar surface area (TPSA) is 75.6 Å². The Hall–Kier alpha value is -2.89. The number of amides is 1. The molecule has 0 bridgehead atoms. The summed E-state index contributed by atoms with van der Waals surface area (Å²) in [5.74, 6) is -0.517. The van der Waals surface area contributed by atoms with E-state index in [1.165, 1.54) is 12.1 Å². The van der Waals surface area contributed by atoms with Crippen molar-refractivity contribution in [3.8, 4) is 5.75 Å². The van der Waals surface area contributed by atoms with Crippen LogP contribution in [0.4, 0.5) is 4.39 Å². The first kappa shape index (κ1) is 20.4. The van der Waals surface area contributed by atoms with Gasteiger partial charge in [-0.05, 0) is 47.7 Å². The molecule has 0 fully saturated rings. The maximum atomic E-state index is 13.0. The van der Waals surface area contributed by atoms with E-state index in [1.54, 1.807) is 24.3 Å². The predicted octanol–water partition coefficient (Wildman–Crippen LogP) is 3.88. The van der Waals surface area contributed by atoms with Crippen molar-refractivity contribution in [2.75, 3.05) is 6.61 Å². The van der Waals surface area contributed by atoms with Crippen molar-refractivity contribution in [3.05, 3.63) is 65.5 Å². The van der Waals surface area contributed by atoms with Crippen LogP contribution in [0, 0.1) is 5.82 Å². The molecule has 2 aromatic rings. The lowest BCUT2D eigenvalue weighted by atomic mass is 9.97. The second-order valence-corrected chi connectivity index (χ2v) is 6.42. The number of carbonyl (C=O) groups is 2. The van der Waals surface area contributed by atoms with Crippen LogP contribution in [0.2, 0.25) is 0 Å². The van der Waals surface area contributed by atoms with Gasteiger partial charge in [-0.3, -0.25) is 9.59 Å². The third-order valence-corrected chi connectivity index (χ3v) is 4.15. The van der Waals surface area contributed by atoms with Gasteiger partial charge in [-0.25, -0.2) is 4.39 Å². The molecule has 0 heterocycles. The SMILES string of the molecule is CC(CC(=O)NCc1ccc(OCCCC(=O)O)cc1)c1ccc(F)cc1. The summed E-state index contributed by atoms with van der Waals surface area (Å²) < 4.78 is 18.4. The number of halogens is 1. The predicted molar refractivity (Wildman–Crippen MR) is 100 cm³/mol. The minimum absolute atomic E-state index is 0.00665. The van der Waals surface area contributed by atoms with Gasteiger partial charge in [0.1, 0.15) is 11.6 Å². The molecule has 0 saturated heterocycles. The Morgan fingerprint density at radius 2 is 1.78 bits per heavy atom. The lowest BCUT2D eigenvalue weighted by Crippen LogP contribution is -2.24. The molecule has 0 aliphatic rings. The molecular weight excluding hydrogens is 349 g/mol. The number of hydrogen-bond acceptors (Lipinski definition) is 3. The molecule has 2 rings (SSSR count). The van der Waals surface area contributed by atoms with Crippen LogP contribution in [0.5, 0.6) is 5.75 Å². The summed E-state index contributed by atoms with van der Waals surface area (Å²) in [5.41, 5.74) is 1.87. The summed E-state index contributed by atoms with van der Waals surface area (Å²) >= 11 is 0. The number of carboxylic acids is 1. The minimum Gasteiger partial charge on any atom is -0.494 e. The zero-order valence-electron chi connectivity index (χ0n) is 15.3. The van der Waals surface area contributed by atoms with Crippen molar-refractivity contribution < 1.29 is 23.8 Å². The van der Waals surface area contributed by atoms with Crippen molar-refractivity contribution in [2.24, 2.45) is 0 Å². The molecule has 0 aromatic heterocycles. The molecule has 0 aliphatic carbocycles. The molecule has 1 unspecified atom stereocenters. The van der Waals surface area contributed by atoms with E-state index in [-0.39, 0.29) is 24.1 Å². The van der Waals surface area contributed by atoms with Gasteiger partial charge in [-0.1, -0.05) is 31.2 Å². The van der Waals surface area contributed by atoms with Crippen LogP contribution in [0.1, 0.15) is 43.2 Å². The molecule has 5 nitrogen and oxygen atoms in total. The molecule has 27 heavy (non-hydrogen) atoms. The molecule has 2 aromatic carbocycles. The second-order valence-electron chi connectivity index (χ2n) is 6.42. The molecule has 0 saturated carbocycles. The van der Waals surface area contributed by atoms with Crippen molar-refractivity contribution in [1.29, 1.82) is 0 Å². The minimum atomic E-state index is -0.835. The molecule has 2 N–H and O–H groups in total. The Morgan fingerprint density at radius 1 is 1.11 bits per heavy atom. The molecule has 0 spiro atoms. The maximum absolute atomic E-state index is 13.0. The average Bonchev–Trinajstić information content (AvgIpc) is 2.65. The highest BCUT2D eigenvalue weighted by Crippen LogP contribution is 2.19. The Labute approximate surface area is 158 Å². The Balaban J connectivity index is 1.73. The highest BCUT2D eigenvalue weighted by molar-refractivity contribution is 5.76. The number of ether oxygens (including phenoxy) is 1. The largest absolute Gasteiger partial charge is 0.494 e. The van der Waals surface area contributed by atoms with E-state index in [2.05, 4.69) is 5.32 Å². The van der Waals surface area contributed by atoms with E-state index in [0.717, 1.165) is 11.1 Å². The van der Waals surface area contributed by atoms with E-state index in [4.69, 9.17) is 9.84 Å². The molecule has 144 valence electrons. The summed E-state index contributed by atoms with van der Waals surface area (Å²) in [6.07, 6.45) is 0.871. The van der Waals surface area contributed by atoms with Gasteiger partial charge in [-0.2, -0.15) is 0 Å². The number of carboxylic acid groups (broad SMARTS) is 1. The van der Waals surface area contributed by atoms with Gasteiger partial charge in [-0.15, -0.1) is 0 Å². The Kier molecular flexibility index (Phi) is 7.79. The van der Waals surface area contributed by atoms with Crippen LogP contribution in [0.25, 0.3) is 0 Å². The van der Waals surface area contributed by atoms with Gasteiger partial charge in [0.05, 0.1) is 6.61 Å². The Bertz CT molecular complexity index is 744. The van der Waals surface area contributed by atoms with Crippen molar-refractivity contribution in [2.45, 2.75) is 38.6 Å². The highest BCUT2D eigenvalue weighted by Gasteiger charge is 2.11. The van der Waals surface area contributed by atoms with E-state index in [0.29, 0.717) is 31.7 Å². The third-order valence-electron chi connectivity index (χ3n) is 4.15. The fourth-order valence-electron chi connectivity index (χ4n) is 2.58. The first-order valence-corrected chi connectivity index (χ1v) is 8.89. The Morgan fingerprint density at radius 3 is 2.41 bits per heavy atom. The van der Waals surface area contributed by atoms with Gasteiger partial charge in [0, 0.05) is 19.4 Å². The quantitative estimate of drug-likeness (QED) is 0.620. The van der Waals surface area contributed by atoms with E-state index < -0.39 is 5.97 Å². The van der Waals surface area contributed by atoms with E-state index in [1.807, 2.05) is 19.1 Å². The molecular formula is C21H24FNO4. The first-order valence-electron chi connectivity index (χ1n) is 8.89. The maximum Gasteiger partial charge on any atom is 0.303 e. The second kappa shape index (κ2) is 10.3. The number of aliphatic carboxylic acids is 1. The van der Waals surface area contributed by atoms with E-state index >= 15 is 0 Å². The molecule has 1 amide bonds. The fourth-order valence-corrected chi connectivity index (χ4v) is 2.58. The summed E-state index contributed by atoms with van der Waals surface area (Å²) in [4.78, 5) is 22.5. The van der Waals surface area contributed by atoms with Crippen LogP contribution in [-0.2, 0) is 16.1 Å². The van der Waals surface area contributed by atoms with Gasteiger partial charge in [0.25, 0.3) is 0 Å². The fraction of sp³-hybridized carbons (Fsp3) is 0.333. The van der Waals surface area contributed by atoms with Gasteiger partial charge in [0.15, 0.2) is 0 Å². The van der Waals surface area contributed by atoms with Crippen LogP contribution in [-0.4, -0.2) is 23.6 Å². The normalized spacial score (nSPS) is 11.6. The smallest absolute Gasteiger partial charge is 0.303 e. The van der Waals surface area contributed by atoms with Crippen LogP contribution in [0.15, 0.2) is 48.5 Å². The number of nitrogens with one attached hydrogen (secondary N) is 1. The number of benzene rings is 2. The molecule has 0 aliphatic heterocycles. The van der Waals surface area contributed by atoms with Crippen LogP contribution < -0.4 is 10.1 Å². The molecule has 6 heteroatoms. The third kappa shape index (κ3) is 7.48. The number of hydrogen-bond donors (Lipinski definition) is 2. The molecule has 1 atom stereocenters. The van der Waals surface area contributed by atoms with Gasteiger partial charge < -0.3 is 15.2 Å². The zero-order valence-corrected chi connectivity index (χ0v) is 15.3. The zero-order chi connectivity index (χ0) is 19.6. The van der Waals surface area contributed by atoms with Crippen molar-refractivity contribution in [1.82, 2.24) is 5.32 Å². The first-order chi connectivity index (χ1) is 12.9. The summed E-state index contributed by atoms with van der Waals surface area (Å²) in [5, 5.41) is 11.5. The van der Waals surface area contributed by atoms with E-state index in [9.17, 15) is 14.0 Å². The monoisotopic (exact) mass is 373 g/mol. The van der Waals surface area contributed by atoms with Gasteiger partial charge in [0.2, 0.25) is 5.91 Å². The number of carbonyl (C=O) groups excluding carboxylic acids is 1. The lowest BCUT2D eigenvalue weighted by molar-refractivity contribution is -0.137. The standard InChI is InChI=1S/C21H24FNO4/c1-15(17-6-8-18(22)9-7-17)13-20(24)23-14-16-4-10-19(11-5-16)27-12-2-3-21(25)26/h4-11,15H,2-3,12-14H2,1H3,(H,23,24)(H,25,26). The van der Waals surface area contributed by atoms with Crippen LogP contribution >= 0.6 is 0 Å². The summed E-state index contributed by atoms with van der Waals surface area (Å²) in [6.45, 7) is 2.70. The lowest BCUT2D eigenvalue weighted by Gasteiger charge is -2.12. The molecule has 0 radical (unpaired) electrons. The summed E-state index contributed by atoms with van der Waals surface area (Å²) in [7, 11) is 0. The highest BCUT2D eigenvalue weighted by atomic mass is 19.1.